The lowest BCUT2D eigenvalue weighted by Gasteiger charge is -2.30. The Labute approximate surface area is 178 Å². The van der Waals surface area contributed by atoms with Crippen molar-refractivity contribution < 1.29 is 5.11 Å². The van der Waals surface area contributed by atoms with Crippen LogP contribution >= 0.6 is 0 Å². The molecule has 0 spiro atoms. The van der Waals surface area contributed by atoms with Crippen LogP contribution in [0.3, 0.4) is 0 Å². The third-order valence-corrected chi connectivity index (χ3v) is 5.34. The van der Waals surface area contributed by atoms with Gasteiger partial charge in [0.1, 0.15) is 23.2 Å². The summed E-state index contributed by atoms with van der Waals surface area (Å²) in [6.07, 6.45) is 6.76. The van der Waals surface area contributed by atoms with E-state index in [4.69, 9.17) is 0 Å². The zero-order valence-corrected chi connectivity index (χ0v) is 16.9. The van der Waals surface area contributed by atoms with Crippen LogP contribution < -0.4 is 10.6 Å². The normalized spacial score (nSPS) is 14.9. The first-order valence-corrected chi connectivity index (χ1v) is 10.2. The van der Waals surface area contributed by atoms with E-state index in [0.717, 1.165) is 19.5 Å². The standard InChI is InChI=1S/C21H23N9O/c31-16(12-30-8-5-14-3-1-2-4-15(14)11-30)9-24-21-18-19(28-29-21)20(26-13-25-18)27-17-10-22-6-7-23-17/h1-4,6-7,10,13,16,31H,5,8-9,11-12H2,(H2,24,28,29)(H,23,25,26,27). The third-order valence-electron chi connectivity index (χ3n) is 5.34. The van der Waals surface area contributed by atoms with E-state index in [2.05, 4.69) is 69.9 Å². The highest BCUT2D eigenvalue weighted by Gasteiger charge is 2.19. The predicted octanol–water partition coefficient (Wildman–Crippen LogP) is 1.72. The highest BCUT2D eigenvalue weighted by atomic mass is 16.3. The number of nitrogens with one attached hydrogen (secondary N) is 3. The van der Waals surface area contributed by atoms with Gasteiger partial charge in [0.15, 0.2) is 11.6 Å². The molecule has 1 aromatic carbocycles. The first-order valence-electron chi connectivity index (χ1n) is 10.2. The summed E-state index contributed by atoms with van der Waals surface area (Å²) in [6.45, 7) is 2.78. The second kappa shape index (κ2) is 8.62. The topological polar surface area (TPSA) is 128 Å². The van der Waals surface area contributed by atoms with Gasteiger partial charge in [-0.25, -0.2) is 15.0 Å². The van der Waals surface area contributed by atoms with Crippen LogP contribution in [0, 0.1) is 0 Å². The molecule has 3 aromatic heterocycles. The molecule has 4 heterocycles. The molecule has 0 saturated carbocycles. The first kappa shape index (κ1) is 19.3. The molecular weight excluding hydrogens is 394 g/mol. The van der Waals surface area contributed by atoms with Gasteiger partial charge in [0.25, 0.3) is 0 Å². The van der Waals surface area contributed by atoms with E-state index in [1.165, 1.54) is 17.5 Å². The highest BCUT2D eigenvalue weighted by molar-refractivity contribution is 5.93. The van der Waals surface area contributed by atoms with Crippen molar-refractivity contribution in [3.8, 4) is 0 Å². The van der Waals surface area contributed by atoms with E-state index < -0.39 is 6.10 Å². The lowest BCUT2D eigenvalue weighted by atomic mass is 10.00. The lowest BCUT2D eigenvalue weighted by Crippen LogP contribution is -2.39. The SMILES string of the molecule is OC(CNc1n[nH]c2c(Nc3cnccn3)ncnc12)CN1CCc2ccccc2C1. The van der Waals surface area contributed by atoms with Crippen LogP contribution in [0.1, 0.15) is 11.1 Å². The number of benzene rings is 1. The van der Waals surface area contributed by atoms with Gasteiger partial charge in [-0.1, -0.05) is 24.3 Å². The molecule has 4 N–H and O–H groups in total. The Morgan fingerprint density at radius 1 is 1.10 bits per heavy atom. The average Bonchev–Trinajstić information content (AvgIpc) is 3.22. The summed E-state index contributed by atoms with van der Waals surface area (Å²) < 4.78 is 0. The zero-order chi connectivity index (χ0) is 21.0. The Balaban J connectivity index is 1.22. The molecule has 1 unspecified atom stereocenters. The van der Waals surface area contributed by atoms with Crippen molar-refractivity contribution in [3.05, 3.63) is 60.3 Å². The van der Waals surface area contributed by atoms with E-state index in [-0.39, 0.29) is 0 Å². The molecule has 0 bridgehead atoms. The maximum atomic E-state index is 10.6. The summed E-state index contributed by atoms with van der Waals surface area (Å²) in [4.78, 5) is 19.1. The average molecular weight is 417 g/mol. The number of rotatable bonds is 7. The van der Waals surface area contributed by atoms with Crippen LogP contribution in [-0.2, 0) is 13.0 Å². The molecule has 0 aliphatic carbocycles. The van der Waals surface area contributed by atoms with Crippen LogP contribution in [0.5, 0.6) is 0 Å². The molecule has 1 atom stereocenters. The number of aromatic nitrogens is 6. The molecule has 10 heteroatoms. The molecule has 4 aromatic rings. The molecule has 0 radical (unpaired) electrons. The Morgan fingerprint density at radius 3 is 2.87 bits per heavy atom. The molecule has 1 aliphatic rings. The van der Waals surface area contributed by atoms with Gasteiger partial charge in [0.05, 0.1) is 12.3 Å². The van der Waals surface area contributed by atoms with Gasteiger partial charge >= 0.3 is 0 Å². The van der Waals surface area contributed by atoms with Gasteiger partial charge in [0.2, 0.25) is 0 Å². The lowest BCUT2D eigenvalue weighted by molar-refractivity contribution is 0.114. The summed E-state index contributed by atoms with van der Waals surface area (Å²) in [5, 5.41) is 24.1. The second-order valence-electron chi connectivity index (χ2n) is 7.52. The Bertz CT molecular complexity index is 1160. The van der Waals surface area contributed by atoms with Crippen LogP contribution in [-0.4, -0.2) is 65.9 Å². The number of β-amino-alcohol motifs (C(OH)–C–C–N with tert-alkyl or cyclic N) is 1. The van der Waals surface area contributed by atoms with Gasteiger partial charge < -0.3 is 15.7 Å². The van der Waals surface area contributed by atoms with E-state index in [1.807, 2.05) is 0 Å². The molecule has 5 rings (SSSR count). The minimum absolute atomic E-state index is 0.370. The fraction of sp³-hybridized carbons (Fsp3) is 0.286. The Hall–Kier alpha value is -3.63. The summed E-state index contributed by atoms with van der Waals surface area (Å²) in [5.74, 6) is 1.70. The van der Waals surface area contributed by atoms with Crippen molar-refractivity contribution in [2.45, 2.75) is 19.1 Å². The number of aliphatic hydroxyl groups excluding tert-OH is 1. The number of H-pyrrole nitrogens is 1. The van der Waals surface area contributed by atoms with Crippen molar-refractivity contribution in [2.75, 3.05) is 30.3 Å². The Morgan fingerprint density at radius 2 is 2.00 bits per heavy atom. The maximum absolute atomic E-state index is 10.6. The molecule has 0 fully saturated rings. The van der Waals surface area contributed by atoms with E-state index >= 15 is 0 Å². The van der Waals surface area contributed by atoms with Crippen LogP contribution in [0.15, 0.2) is 49.2 Å². The summed E-state index contributed by atoms with van der Waals surface area (Å²) >= 11 is 0. The summed E-state index contributed by atoms with van der Waals surface area (Å²) in [7, 11) is 0. The van der Waals surface area contributed by atoms with Gasteiger partial charge in [-0.05, 0) is 17.5 Å². The molecule has 158 valence electrons. The minimum Gasteiger partial charge on any atom is -0.390 e. The summed E-state index contributed by atoms with van der Waals surface area (Å²) in [5.41, 5.74) is 4.03. The molecular formula is C21H23N9O. The zero-order valence-electron chi connectivity index (χ0n) is 16.9. The van der Waals surface area contributed by atoms with Crippen molar-refractivity contribution in [1.29, 1.82) is 0 Å². The van der Waals surface area contributed by atoms with Crippen LogP contribution in [0.25, 0.3) is 11.0 Å². The number of hydrogen-bond acceptors (Lipinski definition) is 9. The van der Waals surface area contributed by atoms with Gasteiger partial charge in [-0.15, -0.1) is 0 Å². The van der Waals surface area contributed by atoms with E-state index in [0.29, 0.717) is 41.6 Å². The molecule has 31 heavy (non-hydrogen) atoms. The Kier molecular flexibility index (Phi) is 5.38. The van der Waals surface area contributed by atoms with Gasteiger partial charge in [0, 0.05) is 38.6 Å². The molecule has 0 saturated heterocycles. The van der Waals surface area contributed by atoms with E-state index in [1.54, 1.807) is 18.6 Å². The quantitative estimate of drug-likeness (QED) is 0.355. The molecule has 1 aliphatic heterocycles. The summed E-state index contributed by atoms with van der Waals surface area (Å²) in [6, 6.07) is 8.49. The number of aromatic amines is 1. The number of fused-ring (bicyclic) bond motifs is 2. The van der Waals surface area contributed by atoms with Gasteiger partial charge in [-0.3, -0.25) is 15.0 Å². The monoisotopic (exact) mass is 417 g/mol. The smallest absolute Gasteiger partial charge is 0.174 e. The largest absolute Gasteiger partial charge is 0.390 e. The van der Waals surface area contributed by atoms with E-state index in [9.17, 15) is 5.11 Å². The fourth-order valence-corrected chi connectivity index (χ4v) is 3.83. The van der Waals surface area contributed by atoms with Crippen molar-refractivity contribution in [3.63, 3.8) is 0 Å². The third kappa shape index (κ3) is 4.30. The fourth-order valence-electron chi connectivity index (χ4n) is 3.83. The first-order chi connectivity index (χ1) is 15.3. The van der Waals surface area contributed by atoms with Crippen molar-refractivity contribution in [2.24, 2.45) is 0 Å². The molecule has 10 nitrogen and oxygen atoms in total. The van der Waals surface area contributed by atoms with Crippen LogP contribution in [0.4, 0.5) is 17.5 Å². The van der Waals surface area contributed by atoms with Crippen molar-refractivity contribution in [1.82, 2.24) is 35.0 Å². The maximum Gasteiger partial charge on any atom is 0.174 e. The number of nitrogens with zero attached hydrogens (tertiary/aromatic N) is 6. The molecule has 0 amide bonds. The number of anilines is 3. The van der Waals surface area contributed by atoms with Gasteiger partial charge in [-0.2, -0.15) is 5.10 Å². The second-order valence-corrected chi connectivity index (χ2v) is 7.52. The van der Waals surface area contributed by atoms with Crippen molar-refractivity contribution >= 4 is 28.5 Å². The predicted molar refractivity (Wildman–Crippen MR) is 117 cm³/mol. The number of hydrogen-bond donors (Lipinski definition) is 4. The highest BCUT2D eigenvalue weighted by Crippen LogP contribution is 2.24. The van der Waals surface area contributed by atoms with Crippen LogP contribution in [0.2, 0.25) is 0 Å². The minimum atomic E-state index is -0.531. The number of aliphatic hydroxyl groups is 1.